The van der Waals surface area contributed by atoms with Crippen molar-refractivity contribution in [2.75, 3.05) is 0 Å². The maximum absolute atomic E-state index is 11.6. The molecule has 0 aromatic carbocycles. The summed E-state index contributed by atoms with van der Waals surface area (Å²) in [4.78, 5) is 26.7. The van der Waals surface area contributed by atoms with Crippen molar-refractivity contribution in [2.24, 2.45) is 0 Å². The predicted molar refractivity (Wildman–Crippen MR) is 72.2 cm³/mol. The number of alkyl carbamates (subject to hydrolysis) is 1. The second kappa shape index (κ2) is 6.02. The minimum absolute atomic E-state index is 0.271. The van der Waals surface area contributed by atoms with Gasteiger partial charge in [0.25, 0.3) is 0 Å². The molecule has 1 aromatic heterocycles. The van der Waals surface area contributed by atoms with E-state index in [1.807, 2.05) is 0 Å². The van der Waals surface area contributed by atoms with E-state index < -0.39 is 17.7 Å². The Morgan fingerprint density at radius 3 is 2.58 bits per heavy atom. The molecule has 0 fully saturated rings. The molecule has 0 saturated heterocycles. The zero-order valence-corrected chi connectivity index (χ0v) is 12.1. The molecule has 0 spiro atoms. The molecule has 1 heterocycles. The molecule has 1 rings (SSSR count). The van der Waals surface area contributed by atoms with Crippen LogP contribution in [0.25, 0.3) is 0 Å². The van der Waals surface area contributed by atoms with Crippen LogP contribution in [-0.4, -0.2) is 23.0 Å². The molecule has 0 saturated carbocycles. The van der Waals surface area contributed by atoms with Crippen molar-refractivity contribution in [1.82, 2.24) is 10.3 Å². The van der Waals surface area contributed by atoms with Crippen LogP contribution in [0.3, 0.4) is 0 Å². The van der Waals surface area contributed by atoms with Crippen molar-refractivity contribution in [2.45, 2.75) is 39.3 Å². The molecule has 19 heavy (non-hydrogen) atoms. The lowest BCUT2D eigenvalue weighted by molar-refractivity contribution is -0.109. The summed E-state index contributed by atoms with van der Waals surface area (Å²) in [5.74, 6) is 0. The maximum Gasteiger partial charge on any atom is 0.408 e. The first-order chi connectivity index (χ1) is 8.71. The third-order valence-corrected chi connectivity index (χ3v) is 2.31. The summed E-state index contributed by atoms with van der Waals surface area (Å²) in [6, 6.07) is 2.40. The molecule has 1 N–H and O–H groups in total. The van der Waals surface area contributed by atoms with Crippen LogP contribution >= 0.6 is 11.6 Å². The number of hydrogen-bond donors (Lipinski definition) is 1. The Bertz CT molecular complexity index is 463. The number of hydrogen-bond acceptors (Lipinski definition) is 4. The van der Waals surface area contributed by atoms with Crippen molar-refractivity contribution >= 4 is 24.0 Å². The number of carbonyl (C=O) groups excluding carboxylic acids is 2. The van der Waals surface area contributed by atoms with Crippen molar-refractivity contribution < 1.29 is 14.3 Å². The van der Waals surface area contributed by atoms with Gasteiger partial charge in [-0.3, -0.25) is 0 Å². The molecule has 0 aliphatic carbocycles. The van der Waals surface area contributed by atoms with Crippen molar-refractivity contribution in [1.29, 1.82) is 0 Å². The first-order valence-electron chi connectivity index (χ1n) is 5.80. The third-order valence-electron chi connectivity index (χ3n) is 2.11. The van der Waals surface area contributed by atoms with Crippen LogP contribution in [0.5, 0.6) is 0 Å². The molecule has 0 radical (unpaired) electrons. The Morgan fingerprint density at radius 2 is 2.11 bits per heavy atom. The molecule has 5 nitrogen and oxygen atoms in total. The maximum atomic E-state index is 11.6. The first kappa shape index (κ1) is 15.4. The fraction of sp³-hybridized carbons (Fsp3) is 0.462. The van der Waals surface area contributed by atoms with Gasteiger partial charge in [0.1, 0.15) is 23.1 Å². The second-order valence-corrected chi connectivity index (χ2v) is 5.51. The Balaban J connectivity index is 2.84. The lowest BCUT2D eigenvalue weighted by Gasteiger charge is -2.21. The molecule has 1 unspecified atom stereocenters. The second-order valence-electron chi connectivity index (χ2n) is 5.12. The van der Waals surface area contributed by atoms with Gasteiger partial charge in [-0.2, -0.15) is 0 Å². The van der Waals surface area contributed by atoms with E-state index in [0.717, 1.165) is 0 Å². The van der Waals surface area contributed by atoms with E-state index in [1.54, 1.807) is 33.8 Å². The van der Waals surface area contributed by atoms with Crippen LogP contribution in [0.2, 0.25) is 5.15 Å². The Hall–Kier alpha value is -1.62. The molecule has 1 atom stereocenters. The molecule has 1 amide bonds. The predicted octanol–water partition coefficient (Wildman–Crippen LogP) is 2.81. The van der Waals surface area contributed by atoms with E-state index in [2.05, 4.69) is 10.3 Å². The smallest absolute Gasteiger partial charge is 0.408 e. The summed E-state index contributed by atoms with van der Waals surface area (Å²) in [7, 11) is 0. The van der Waals surface area contributed by atoms with Gasteiger partial charge < -0.3 is 14.8 Å². The molecule has 1 aromatic rings. The van der Waals surface area contributed by atoms with E-state index in [9.17, 15) is 9.59 Å². The van der Waals surface area contributed by atoms with E-state index in [1.165, 1.54) is 6.07 Å². The quantitative estimate of drug-likeness (QED) is 0.684. The van der Waals surface area contributed by atoms with E-state index in [0.29, 0.717) is 17.5 Å². The van der Waals surface area contributed by atoms with Gasteiger partial charge in [0, 0.05) is 5.69 Å². The highest BCUT2D eigenvalue weighted by Gasteiger charge is 2.20. The summed E-state index contributed by atoms with van der Waals surface area (Å²) >= 11 is 5.82. The number of nitrogens with zero attached hydrogens (tertiary/aromatic N) is 1. The topological polar surface area (TPSA) is 68.3 Å². The highest BCUT2D eigenvalue weighted by Crippen LogP contribution is 2.17. The molecule has 0 aliphatic heterocycles. The van der Waals surface area contributed by atoms with Gasteiger partial charge in [-0.15, -0.1) is 0 Å². The fourth-order valence-electron chi connectivity index (χ4n) is 1.46. The average molecular weight is 285 g/mol. The van der Waals surface area contributed by atoms with Crippen LogP contribution in [0.1, 0.15) is 38.1 Å². The molecule has 0 bridgehead atoms. The van der Waals surface area contributed by atoms with Gasteiger partial charge in [-0.05, 0) is 45.4 Å². The van der Waals surface area contributed by atoms with Crippen LogP contribution in [-0.2, 0) is 9.53 Å². The van der Waals surface area contributed by atoms with Crippen LogP contribution in [0, 0.1) is 6.92 Å². The SMILES string of the molecule is Cc1cc(C(C=O)NC(=O)OC(C)(C)C)cc(Cl)n1. The molecule has 6 heteroatoms. The Morgan fingerprint density at radius 1 is 1.47 bits per heavy atom. The van der Waals surface area contributed by atoms with E-state index >= 15 is 0 Å². The zero-order valence-electron chi connectivity index (χ0n) is 11.4. The normalized spacial score (nSPS) is 12.7. The molecular formula is C13H17ClN2O3. The van der Waals surface area contributed by atoms with Crippen LogP contribution < -0.4 is 5.32 Å². The third kappa shape index (κ3) is 5.26. The highest BCUT2D eigenvalue weighted by atomic mass is 35.5. The number of ether oxygens (including phenoxy) is 1. The average Bonchev–Trinajstić information content (AvgIpc) is 2.21. The number of halogens is 1. The summed E-state index contributed by atoms with van der Waals surface area (Å²) in [5, 5.41) is 2.75. The van der Waals surface area contributed by atoms with Crippen LogP contribution in [0.4, 0.5) is 4.79 Å². The number of aromatic nitrogens is 1. The van der Waals surface area contributed by atoms with Gasteiger partial charge in [-0.1, -0.05) is 11.6 Å². The molecule has 0 aliphatic rings. The summed E-state index contributed by atoms with van der Waals surface area (Å²) in [6.07, 6.45) is -0.0372. The molecular weight excluding hydrogens is 268 g/mol. The summed E-state index contributed by atoms with van der Waals surface area (Å²) < 4.78 is 5.09. The zero-order chi connectivity index (χ0) is 14.6. The number of aldehydes is 1. The number of amides is 1. The highest BCUT2D eigenvalue weighted by molar-refractivity contribution is 6.29. The van der Waals surface area contributed by atoms with Crippen molar-refractivity contribution in [3.8, 4) is 0 Å². The summed E-state index contributed by atoms with van der Waals surface area (Å²) in [6.45, 7) is 6.99. The standard InChI is InChI=1S/C13H17ClN2O3/c1-8-5-9(6-11(14)15-8)10(7-17)16-12(18)19-13(2,3)4/h5-7,10H,1-4H3,(H,16,18). The number of aryl methyl sites for hydroxylation is 1. The van der Waals surface area contributed by atoms with Gasteiger partial charge in [0.2, 0.25) is 0 Å². The monoisotopic (exact) mass is 284 g/mol. The summed E-state index contributed by atoms with van der Waals surface area (Å²) in [5.41, 5.74) is 0.613. The number of pyridine rings is 1. The van der Waals surface area contributed by atoms with E-state index in [4.69, 9.17) is 16.3 Å². The van der Waals surface area contributed by atoms with Gasteiger partial charge in [0.15, 0.2) is 0 Å². The molecule has 104 valence electrons. The first-order valence-corrected chi connectivity index (χ1v) is 6.18. The van der Waals surface area contributed by atoms with Crippen LogP contribution in [0.15, 0.2) is 12.1 Å². The lowest BCUT2D eigenvalue weighted by Crippen LogP contribution is -2.35. The van der Waals surface area contributed by atoms with E-state index in [-0.39, 0.29) is 5.15 Å². The fourth-order valence-corrected chi connectivity index (χ4v) is 1.72. The van der Waals surface area contributed by atoms with Crippen molar-refractivity contribution in [3.63, 3.8) is 0 Å². The Labute approximate surface area is 117 Å². The Kier molecular flexibility index (Phi) is 4.89. The lowest BCUT2D eigenvalue weighted by atomic mass is 10.1. The largest absolute Gasteiger partial charge is 0.444 e. The van der Waals surface area contributed by atoms with Gasteiger partial charge >= 0.3 is 6.09 Å². The number of carbonyl (C=O) groups is 2. The van der Waals surface area contributed by atoms with Gasteiger partial charge in [-0.25, -0.2) is 9.78 Å². The minimum Gasteiger partial charge on any atom is -0.444 e. The number of rotatable bonds is 3. The van der Waals surface area contributed by atoms with Gasteiger partial charge in [0.05, 0.1) is 0 Å². The van der Waals surface area contributed by atoms with Crippen molar-refractivity contribution in [3.05, 3.63) is 28.5 Å². The minimum atomic E-state index is -0.811. The number of nitrogens with one attached hydrogen (secondary N) is 1.